The van der Waals surface area contributed by atoms with Crippen LogP contribution in [0.2, 0.25) is 0 Å². The summed E-state index contributed by atoms with van der Waals surface area (Å²) in [5.41, 5.74) is 0.811. The first-order valence-corrected chi connectivity index (χ1v) is 4.91. The molecular weight excluding hydrogens is 193 g/mol. The minimum absolute atomic E-state index is 0.277. The van der Waals surface area contributed by atoms with Crippen molar-refractivity contribution in [3.05, 3.63) is 35.6 Å². The van der Waals surface area contributed by atoms with Crippen LogP contribution in [-0.4, -0.2) is 19.1 Å². The Morgan fingerprint density at radius 1 is 1.40 bits per heavy atom. The van der Waals surface area contributed by atoms with E-state index in [1.54, 1.807) is 12.1 Å². The van der Waals surface area contributed by atoms with Crippen molar-refractivity contribution in [1.29, 1.82) is 5.26 Å². The third-order valence-corrected chi connectivity index (χ3v) is 2.52. The zero-order valence-corrected chi connectivity index (χ0v) is 8.20. The van der Waals surface area contributed by atoms with Crippen LogP contribution in [0, 0.1) is 17.1 Å². The molecule has 0 aliphatic carbocycles. The molecular formula is C11H12FN3. The van der Waals surface area contributed by atoms with Crippen LogP contribution in [0.25, 0.3) is 0 Å². The van der Waals surface area contributed by atoms with Crippen molar-refractivity contribution in [3.8, 4) is 6.07 Å². The molecule has 0 saturated carbocycles. The number of nitrogens with one attached hydrogen (secondary N) is 2. The van der Waals surface area contributed by atoms with E-state index in [0.717, 1.165) is 18.7 Å². The Morgan fingerprint density at radius 3 is 2.53 bits per heavy atom. The molecule has 15 heavy (non-hydrogen) atoms. The highest BCUT2D eigenvalue weighted by Gasteiger charge is 2.21. The van der Waals surface area contributed by atoms with Gasteiger partial charge in [0.25, 0.3) is 0 Å². The molecule has 1 atom stereocenters. The molecule has 4 heteroatoms. The molecule has 1 aliphatic heterocycles. The van der Waals surface area contributed by atoms with Gasteiger partial charge >= 0.3 is 0 Å². The summed E-state index contributed by atoms with van der Waals surface area (Å²) in [7, 11) is 0. The van der Waals surface area contributed by atoms with Gasteiger partial charge in [0, 0.05) is 19.1 Å². The first kappa shape index (κ1) is 10.1. The second-order valence-electron chi connectivity index (χ2n) is 3.64. The fourth-order valence-electron chi connectivity index (χ4n) is 1.51. The van der Waals surface area contributed by atoms with Crippen molar-refractivity contribution in [3.63, 3.8) is 0 Å². The number of nitrogens with zero attached hydrogens (tertiary/aromatic N) is 1. The lowest BCUT2D eigenvalue weighted by Gasteiger charge is -2.30. The molecule has 0 aromatic heterocycles. The Morgan fingerprint density at radius 2 is 2.07 bits per heavy atom. The fourth-order valence-corrected chi connectivity index (χ4v) is 1.51. The van der Waals surface area contributed by atoms with Gasteiger partial charge in [-0.05, 0) is 17.7 Å². The zero-order valence-electron chi connectivity index (χ0n) is 8.20. The lowest BCUT2D eigenvalue weighted by atomic mass is 10.1. The van der Waals surface area contributed by atoms with Crippen LogP contribution in [0.3, 0.4) is 0 Å². The summed E-state index contributed by atoms with van der Waals surface area (Å²) in [6.45, 7) is 1.78. The van der Waals surface area contributed by atoms with Crippen molar-refractivity contribution in [2.75, 3.05) is 13.1 Å². The molecule has 0 unspecified atom stereocenters. The van der Waals surface area contributed by atoms with E-state index in [0.29, 0.717) is 6.04 Å². The Balaban J connectivity index is 2.05. The minimum atomic E-state index is -0.349. The Labute approximate surface area is 87.9 Å². The summed E-state index contributed by atoms with van der Waals surface area (Å²) >= 11 is 0. The maximum atomic E-state index is 12.7. The summed E-state index contributed by atoms with van der Waals surface area (Å²) < 4.78 is 12.7. The maximum Gasteiger partial charge on any atom is 0.123 e. The molecule has 0 spiro atoms. The van der Waals surface area contributed by atoms with E-state index in [4.69, 9.17) is 5.26 Å². The van der Waals surface area contributed by atoms with Gasteiger partial charge in [-0.1, -0.05) is 12.1 Å². The van der Waals surface area contributed by atoms with Crippen molar-refractivity contribution >= 4 is 0 Å². The fraction of sp³-hybridized carbons (Fsp3) is 0.364. The van der Waals surface area contributed by atoms with E-state index < -0.39 is 0 Å². The van der Waals surface area contributed by atoms with Gasteiger partial charge in [-0.25, -0.2) is 4.39 Å². The highest BCUT2D eigenvalue weighted by atomic mass is 19.1. The molecule has 1 aromatic rings. The predicted molar refractivity (Wildman–Crippen MR) is 54.5 cm³/mol. The van der Waals surface area contributed by atoms with Crippen LogP contribution in [0.5, 0.6) is 0 Å². The van der Waals surface area contributed by atoms with Gasteiger partial charge in [0.1, 0.15) is 11.9 Å². The Hall–Kier alpha value is -1.44. The summed E-state index contributed by atoms with van der Waals surface area (Å²) in [5, 5.41) is 15.3. The summed E-state index contributed by atoms with van der Waals surface area (Å²) in [4.78, 5) is 0. The van der Waals surface area contributed by atoms with Gasteiger partial charge in [0.05, 0.1) is 6.07 Å². The van der Waals surface area contributed by atoms with Crippen LogP contribution in [-0.2, 0) is 0 Å². The smallest absolute Gasteiger partial charge is 0.123 e. The third-order valence-electron chi connectivity index (χ3n) is 2.52. The number of hydrogen-bond donors (Lipinski definition) is 2. The van der Waals surface area contributed by atoms with Crippen molar-refractivity contribution in [2.45, 2.75) is 12.1 Å². The van der Waals surface area contributed by atoms with Crippen LogP contribution in [0.1, 0.15) is 11.6 Å². The molecule has 1 aliphatic rings. The first-order valence-electron chi connectivity index (χ1n) is 4.91. The quantitative estimate of drug-likeness (QED) is 0.772. The van der Waals surface area contributed by atoms with E-state index in [9.17, 15) is 4.39 Å². The number of nitriles is 1. The van der Waals surface area contributed by atoms with Crippen molar-refractivity contribution in [1.82, 2.24) is 10.6 Å². The van der Waals surface area contributed by atoms with Crippen molar-refractivity contribution < 1.29 is 4.39 Å². The van der Waals surface area contributed by atoms with E-state index in [1.165, 1.54) is 12.1 Å². The van der Waals surface area contributed by atoms with Crippen LogP contribution < -0.4 is 10.6 Å². The number of halogens is 1. The lowest BCUT2D eigenvalue weighted by Crippen LogP contribution is -2.55. The molecule has 1 fully saturated rings. The molecule has 0 amide bonds. The van der Waals surface area contributed by atoms with Gasteiger partial charge in [-0.15, -0.1) is 0 Å². The van der Waals surface area contributed by atoms with Crippen LogP contribution in [0.15, 0.2) is 24.3 Å². The van der Waals surface area contributed by atoms with Gasteiger partial charge in [-0.2, -0.15) is 5.26 Å². The number of hydrogen-bond acceptors (Lipinski definition) is 3. The molecule has 2 N–H and O–H groups in total. The van der Waals surface area contributed by atoms with Crippen LogP contribution >= 0.6 is 0 Å². The molecule has 0 bridgehead atoms. The number of benzene rings is 1. The average molecular weight is 205 g/mol. The lowest BCUT2D eigenvalue weighted by molar-refractivity contribution is 0.352. The SMILES string of the molecule is N#C[C@@H](NC1CNC1)c1ccc(F)cc1. The topological polar surface area (TPSA) is 47.9 Å². The third kappa shape index (κ3) is 2.32. The molecule has 78 valence electrons. The summed E-state index contributed by atoms with van der Waals surface area (Å²) in [6.07, 6.45) is 0. The van der Waals surface area contributed by atoms with E-state index in [2.05, 4.69) is 16.7 Å². The normalized spacial score (nSPS) is 17.9. The molecule has 1 aromatic carbocycles. The van der Waals surface area contributed by atoms with Crippen molar-refractivity contribution in [2.24, 2.45) is 0 Å². The maximum absolute atomic E-state index is 12.7. The first-order chi connectivity index (χ1) is 7.29. The van der Waals surface area contributed by atoms with E-state index in [1.807, 2.05) is 0 Å². The Bertz CT molecular complexity index is 364. The zero-order chi connectivity index (χ0) is 10.7. The van der Waals surface area contributed by atoms with E-state index in [-0.39, 0.29) is 11.9 Å². The van der Waals surface area contributed by atoms with Crippen LogP contribution in [0.4, 0.5) is 4.39 Å². The van der Waals surface area contributed by atoms with Gasteiger partial charge in [0.15, 0.2) is 0 Å². The van der Waals surface area contributed by atoms with Gasteiger partial charge in [-0.3, -0.25) is 5.32 Å². The summed E-state index contributed by atoms with van der Waals surface area (Å²) in [6, 6.07) is 8.21. The Kier molecular flexibility index (Phi) is 2.95. The largest absolute Gasteiger partial charge is 0.314 e. The highest BCUT2D eigenvalue weighted by molar-refractivity contribution is 5.24. The standard InChI is InChI=1S/C11H12FN3/c12-9-3-1-8(2-4-9)11(5-13)15-10-6-14-7-10/h1-4,10-11,14-15H,6-7H2/t11-/m1/s1. The molecule has 2 rings (SSSR count). The molecule has 0 radical (unpaired) electrons. The predicted octanol–water partition coefficient (Wildman–Crippen LogP) is 0.952. The monoisotopic (exact) mass is 205 g/mol. The van der Waals surface area contributed by atoms with Gasteiger partial charge < -0.3 is 5.32 Å². The second kappa shape index (κ2) is 4.39. The molecule has 1 heterocycles. The number of rotatable bonds is 3. The van der Waals surface area contributed by atoms with E-state index >= 15 is 0 Å². The molecule has 3 nitrogen and oxygen atoms in total. The summed E-state index contributed by atoms with van der Waals surface area (Å²) in [5.74, 6) is -0.277. The average Bonchev–Trinajstić information content (AvgIpc) is 2.19. The molecule has 1 saturated heterocycles. The minimum Gasteiger partial charge on any atom is -0.314 e. The van der Waals surface area contributed by atoms with Gasteiger partial charge in [0.2, 0.25) is 0 Å². The second-order valence-corrected chi connectivity index (χ2v) is 3.64. The highest BCUT2D eigenvalue weighted by Crippen LogP contribution is 2.14.